The molecule has 0 unspecified atom stereocenters. The number of nitrogens with one attached hydrogen (secondary N) is 2. The van der Waals surface area contributed by atoms with E-state index in [2.05, 4.69) is 49.3 Å². The van der Waals surface area contributed by atoms with Crippen molar-refractivity contribution < 1.29 is 18.5 Å². The number of carbonyl (C=O) groups excluding carboxylic acids is 1. The molecule has 0 bridgehead atoms. The van der Waals surface area contributed by atoms with E-state index in [1.807, 2.05) is 6.07 Å². The molecule has 2 amide bonds. The summed E-state index contributed by atoms with van der Waals surface area (Å²) < 4.78 is 26.4. The van der Waals surface area contributed by atoms with Gasteiger partial charge in [-0.3, -0.25) is 0 Å². The number of nitrogens with zero attached hydrogens (tertiary/aromatic N) is 2. The Kier molecular flexibility index (Phi) is 9.42. The summed E-state index contributed by atoms with van der Waals surface area (Å²) in [5.41, 5.74) is 2.09. The van der Waals surface area contributed by atoms with Crippen LogP contribution in [0.1, 0.15) is 65.4 Å². The van der Waals surface area contributed by atoms with Gasteiger partial charge in [-0.25, -0.2) is 9.18 Å². The molecule has 2 N–H and O–H groups in total. The van der Waals surface area contributed by atoms with Crippen molar-refractivity contribution in [1.82, 2.24) is 0 Å². The van der Waals surface area contributed by atoms with Crippen LogP contribution in [-0.4, -0.2) is 38.9 Å². The second-order valence-corrected chi connectivity index (χ2v) is 12.2. The van der Waals surface area contributed by atoms with Crippen LogP contribution in [0.3, 0.4) is 0 Å². The van der Waals surface area contributed by atoms with Crippen LogP contribution in [0, 0.1) is 28.5 Å². The number of benzene rings is 2. The van der Waals surface area contributed by atoms with E-state index >= 15 is 0 Å². The molecule has 1 aliphatic heterocycles. The quantitative estimate of drug-likeness (QED) is 0.379. The summed E-state index contributed by atoms with van der Waals surface area (Å²) in [5.74, 6) is -0.310. The van der Waals surface area contributed by atoms with Gasteiger partial charge in [-0.1, -0.05) is 58.6 Å². The van der Waals surface area contributed by atoms with Gasteiger partial charge in [-0.2, -0.15) is 5.26 Å². The molecule has 2 aromatic carbocycles. The number of hydrogen-bond acceptors (Lipinski definition) is 5. The smallest absolute Gasteiger partial charge is 0.407 e. The first-order valence-electron chi connectivity index (χ1n) is 13.7. The van der Waals surface area contributed by atoms with Gasteiger partial charge in [0.05, 0.1) is 22.6 Å². The molecule has 7 nitrogen and oxygen atoms in total. The third-order valence-electron chi connectivity index (χ3n) is 7.07. The van der Waals surface area contributed by atoms with Crippen molar-refractivity contribution in [2.24, 2.45) is 11.3 Å². The maximum absolute atomic E-state index is 14.4. The first kappa shape index (κ1) is 29.2. The molecule has 1 heterocycles. The van der Waals surface area contributed by atoms with Gasteiger partial charge in [0, 0.05) is 36.2 Å². The lowest BCUT2D eigenvalue weighted by Gasteiger charge is -2.39. The zero-order chi connectivity index (χ0) is 28.2. The Hall–Kier alpha value is -2.80. The number of anilines is 3. The fourth-order valence-corrected chi connectivity index (χ4v) is 5.40. The van der Waals surface area contributed by atoms with Gasteiger partial charge in [0.25, 0.3) is 0 Å². The largest absolute Gasteiger partial charge is 0.494 e. The van der Waals surface area contributed by atoms with Gasteiger partial charge in [0.2, 0.25) is 0 Å². The Morgan fingerprint density at radius 2 is 1.82 bits per heavy atom. The molecule has 0 radical (unpaired) electrons. The third kappa shape index (κ3) is 7.45. The van der Waals surface area contributed by atoms with E-state index in [0.29, 0.717) is 41.5 Å². The predicted octanol–water partition coefficient (Wildman–Crippen LogP) is 6.56. The molecule has 2 fully saturated rings. The highest BCUT2D eigenvalue weighted by Crippen LogP contribution is 2.36. The lowest BCUT2D eigenvalue weighted by molar-refractivity contribution is 0.0343. The highest BCUT2D eigenvalue weighted by atomic mass is 35.5. The molecule has 0 spiro atoms. The van der Waals surface area contributed by atoms with Crippen molar-refractivity contribution in [2.45, 2.75) is 65.8 Å². The van der Waals surface area contributed by atoms with E-state index in [0.717, 1.165) is 38.3 Å². The van der Waals surface area contributed by atoms with Crippen molar-refractivity contribution in [2.75, 3.05) is 35.3 Å². The lowest BCUT2D eigenvalue weighted by atomic mass is 9.74. The Bertz CT molecular complexity index is 1220. The van der Waals surface area contributed by atoms with Crippen molar-refractivity contribution in [1.29, 1.82) is 5.26 Å². The normalized spacial score (nSPS) is 17.5. The molecule has 2 aliphatic rings. The summed E-state index contributed by atoms with van der Waals surface area (Å²) in [5, 5.41) is 16.0. The topological polar surface area (TPSA) is 86.6 Å². The number of carbonyl (C=O) groups is 1. The highest BCUT2D eigenvalue weighted by molar-refractivity contribution is 6.61. The number of amides is 2. The number of halogens is 2. The van der Waals surface area contributed by atoms with Gasteiger partial charge in [-0.15, -0.1) is 0 Å². The van der Waals surface area contributed by atoms with E-state index in [4.69, 9.17) is 20.9 Å². The average Bonchev–Trinajstić information content (AvgIpc) is 2.89. The van der Waals surface area contributed by atoms with Crippen LogP contribution in [0.4, 0.5) is 26.2 Å². The van der Waals surface area contributed by atoms with Crippen LogP contribution in [0.25, 0.3) is 0 Å². The number of hydrogen-bond donors (Lipinski definition) is 2. The molecule has 2 aromatic rings. The van der Waals surface area contributed by atoms with Gasteiger partial charge < -0.3 is 24.8 Å². The summed E-state index contributed by atoms with van der Waals surface area (Å²) in [4.78, 5) is 15.5. The van der Waals surface area contributed by atoms with Gasteiger partial charge >= 0.3 is 13.1 Å². The monoisotopic (exact) mass is 554 g/mol. The highest BCUT2D eigenvalue weighted by Gasteiger charge is 2.35. The summed E-state index contributed by atoms with van der Waals surface area (Å²) in [6.07, 6.45) is 5.48. The van der Waals surface area contributed by atoms with Crippen LogP contribution in [0.15, 0.2) is 30.3 Å². The van der Waals surface area contributed by atoms with Crippen LogP contribution in [0.2, 0.25) is 5.02 Å². The molecule has 39 heavy (non-hydrogen) atoms. The third-order valence-corrected chi connectivity index (χ3v) is 7.30. The van der Waals surface area contributed by atoms with E-state index in [1.165, 1.54) is 18.6 Å². The van der Waals surface area contributed by atoms with Gasteiger partial charge in [0.1, 0.15) is 11.9 Å². The Balaban J connectivity index is 1.74. The van der Waals surface area contributed by atoms with Crippen LogP contribution in [-0.2, 0) is 9.31 Å². The fraction of sp³-hybridized carbons (Fsp3) is 0.517. The van der Waals surface area contributed by atoms with Gasteiger partial charge in [0.15, 0.2) is 0 Å². The summed E-state index contributed by atoms with van der Waals surface area (Å²) in [6, 6.07) is 9.66. The zero-order valence-corrected chi connectivity index (χ0v) is 23.9. The van der Waals surface area contributed by atoms with Crippen molar-refractivity contribution >= 4 is 47.3 Å². The molecule has 1 saturated carbocycles. The fourth-order valence-electron chi connectivity index (χ4n) is 5.24. The van der Waals surface area contributed by atoms with Crippen molar-refractivity contribution in [3.63, 3.8) is 0 Å². The minimum atomic E-state index is -0.662. The van der Waals surface area contributed by atoms with Crippen LogP contribution in [0.5, 0.6) is 0 Å². The minimum absolute atomic E-state index is 0.00241. The molecule has 0 aromatic heterocycles. The Labute approximate surface area is 236 Å². The summed E-state index contributed by atoms with van der Waals surface area (Å²) >= 11 is 5.87. The Morgan fingerprint density at radius 1 is 1.15 bits per heavy atom. The first-order valence-corrected chi connectivity index (χ1v) is 14.0. The second kappa shape index (κ2) is 12.6. The number of urea groups is 1. The van der Waals surface area contributed by atoms with Gasteiger partial charge in [-0.05, 0) is 54.6 Å². The van der Waals surface area contributed by atoms with E-state index in [9.17, 15) is 14.4 Å². The lowest BCUT2D eigenvalue weighted by Crippen LogP contribution is -2.48. The molecule has 4 rings (SSSR count). The first-order chi connectivity index (χ1) is 18.6. The minimum Gasteiger partial charge on any atom is -0.407 e. The molecule has 10 heteroatoms. The molecule has 1 aliphatic carbocycles. The van der Waals surface area contributed by atoms with Crippen LogP contribution < -0.4 is 21.0 Å². The standard InChI is InChI=1S/C29H37BClFN4O3/c1-19(2)16-36(23-8-6-5-7-9-23)27-20(15-33)12-21(30-38-17-29(3,4)18-39-30)13-26(27)35-28(37)34-25-11-10-22(31)14-24(25)32/h10-14,19,23H,5-9,16-18H2,1-4H3,(H2,34,35,37). The molecule has 1 saturated heterocycles. The van der Waals surface area contributed by atoms with Crippen molar-refractivity contribution in [3.05, 3.63) is 46.7 Å². The predicted molar refractivity (Wildman–Crippen MR) is 155 cm³/mol. The number of nitriles is 1. The summed E-state index contributed by atoms with van der Waals surface area (Å²) in [6.45, 7) is 10.1. The Morgan fingerprint density at radius 3 is 2.44 bits per heavy atom. The molecular weight excluding hydrogens is 518 g/mol. The molecule has 208 valence electrons. The summed E-state index contributed by atoms with van der Waals surface area (Å²) in [7, 11) is -0.662. The molecular formula is C29H37BClFN4O3. The number of rotatable bonds is 7. The SMILES string of the molecule is CC(C)CN(c1c(C#N)cc(B2OCC(C)(C)CO2)cc1NC(=O)Nc1ccc(Cl)cc1F)C1CCCCC1. The maximum Gasteiger partial charge on any atom is 0.494 e. The van der Waals surface area contributed by atoms with E-state index in [1.54, 1.807) is 6.07 Å². The van der Waals surface area contributed by atoms with E-state index < -0.39 is 19.0 Å². The van der Waals surface area contributed by atoms with E-state index in [-0.39, 0.29) is 22.2 Å². The zero-order valence-electron chi connectivity index (χ0n) is 23.2. The average molecular weight is 555 g/mol. The van der Waals surface area contributed by atoms with Crippen LogP contribution >= 0.6 is 11.6 Å². The second-order valence-electron chi connectivity index (χ2n) is 11.7. The maximum atomic E-state index is 14.4. The molecule has 0 atom stereocenters. The van der Waals surface area contributed by atoms with Crippen molar-refractivity contribution in [3.8, 4) is 6.07 Å².